The summed E-state index contributed by atoms with van der Waals surface area (Å²) >= 11 is -3.58. The van der Waals surface area contributed by atoms with Gasteiger partial charge in [-0.3, -0.25) is 0 Å². The fourth-order valence-corrected chi connectivity index (χ4v) is 1.15. The minimum Gasteiger partial charge on any atom is 2.00 e. The molecule has 5 heteroatoms. The molecule has 0 aromatic heterocycles. The predicted octanol–water partition coefficient (Wildman–Crippen LogP) is -1.89. The second kappa shape index (κ2) is 6.44. The zero-order valence-corrected chi connectivity index (χ0v) is 10.5. The van der Waals surface area contributed by atoms with Crippen LogP contribution in [0.2, 0.25) is 0 Å². The third kappa shape index (κ3) is 10.3. The van der Waals surface area contributed by atoms with Crippen LogP contribution < -0.4 is 6.77 Å². The molecule has 0 atom stereocenters. The Morgan fingerprint density at radius 3 is 1.75 bits per heavy atom. The van der Waals surface area contributed by atoms with Crippen LogP contribution in [0.25, 0.3) is 0 Å². The average molecular weight is 278 g/mol. The Bertz CT molecular complexity index is 43.8. The van der Waals surface area contributed by atoms with Gasteiger partial charge in [0.05, 0.1) is 0 Å². The molecule has 0 bridgehead atoms. The van der Waals surface area contributed by atoms with Gasteiger partial charge in [0.25, 0.3) is 0 Å². The molecule has 0 aromatic rings. The van der Waals surface area contributed by atoms with Gasteiger partial charge < -0.3 is 0 Å². The van der Waals surface area contributed by atoms with E-state index in [4.69, 9.17) is 0 Å². The van der Waals surface area contributed by atoms with Crippen LogP contribution in [0.4, 0.5) is 0 Å². The van der Waals surface area contributed by atoms with E-state index in [1.807, 2.05) is 0 Å². The Morgan fingerprint density at radius 2 is 1.75 bits per heavy atom. The molecule has 0 saturated heterocycles. The molecule has 0 rings (SSSR count). The largest absolute Gasteiger partial charge is 2.00 e. The zero-order chi connectivity index (χ0) is 5.86. The summed E-state index contributed by atoms with van der Waals surface area (Å²) < 4.78 is 23.8. The van der Waals surface area contributed by atoms with Crippen LogP contribution in [0.1, 0.15) is 13.8 Å². The van der Waals surface area contributed by atoms with Crippen LogP contribution in [0, 0.1) is 0 Å². The van der Waals surface area contributed by atoms with E-state index in [-0.39, 0.29) is 25.6 Å². The summed E-state index contributed by atoms with van der Waals surface area (Å²) in [5, 5.41) is 0. The molecule has 0 aliphatic heterocycles. The molecule has 0 amide bonds. The molecular weight excluding hydrogens is 271 g/mol. The third-order valence-corrected chi connectivity index (χ3v) is 1.99. The number of hydrogen-bond donors (Lipinski definition) is 0. The topological polar surface area (TPSA) is 55.3 Å². The van der Waals surface area contributed by atoms with Gasteiger partial charge in [0.1, 0.15) is 0 Å². The van der Waals surface area contributed by atoms with Gasteiger partial charge in [-0.15, -0.1) is 0 Å². The van der Waals surface area contributed by atoms with E-state index in [1.54, 1.807) is 13.8 Å². The maximum Gasteiger partial charge on any atom is 2.00 e. The van der Waals surface area contributed by atoms with E-state index in [9.17, 15) is 6.77 Å². The van der Waals surface area contributed by atoms with E-state index in [0.717, 1.165) is 0 Å². The van der Waals surface area contributed by atoms with Gasteiger partial charge in [0.15, 0.2) is 0 Å². The van der Waals surface area contributed by atoms with Gasteiger partial charge in [-0.25, -0.2) is 0 Å². The Kier molecular flexibility index (Phi) is 9.70. The van der Waals surface area contributed by atoms with Crippen molar-refractivity contribution in [1.29, 1.82) is 0 Å². The molecule has 0 fully saturated rings. The van der Waals surface area contributed by atoms with Crippen molar-refractivity contribution >= 4 is 21.5 Å². The van der Waals surface area contributed by atoms with E-state index in [2.05, 4.69) is 3.02 Å². The van der Waals surface area contributed by atoms with Gasteiger partial charge >= 0.3 is 70.7 Å². The van der Waals surface area contributed by atoms with Gasteiger partial charge in [-0.1, -0.05) is 0 Å². The molecule has 0 aromatic carbocycles. The van der Waals surface area contributed by atoms with Crippen LogP contribution in [0.15, 0.2) is 0 Å². The summed E-state index contributed by atoms with van der Waals surface area (Å²) in [5.41, 5.74) is 0. The standard InChI is InChI=1S/C3H7O.2O.Sb.Zn/c1-3(2)4;;;;/h3H,1-2H3;;;;/q3*-1;+1;+2. The maximum absolute atomic E-state index is 9.74. The van der Waals surface area contributed by atoms with E-state index in [0.29, 0.717) is 0 Å². The first-order valence-corrected chi connectivity index (χ1v) is 5.06. The molecule has 0 aliphatic carbocycles. The molecule has 0 radical (unpaired) electrons. The number of rotatable bonds is 2. The molecular formula is C3H7O3SbZn. The molecule has 0 spiro atoms. The van der Waals surface area contributed by atoms with Gasteiger partial charge in [-0.2, -0.15) is 0 Å². The summed E-state index contributed by atoms with van der Waals surface area (Å²) in [6.45, 7) is 3.38. The summed E-state index contributed by atoms with van der Waals surface area (Å²) in [5.74, 6) is 0. The molecule has 3 nitrogen and oxygen atoms in total. The van der Waals surface area contributed by atoms with Crippen molar-refractivity contribution in [3.63, 3.8) is 0 Å². The fraction of sp³-hybridized carbons (Fsp3) is 1.00. The predicted molar refractivity (Wildman–Crippen MR) is 22.0 cm³/mol. The van der Waals surface area contributed by atoms with Crippen molar-refractivity contribution in [3.05, 3.63) is 0 Å². The van der Waals surface area contributed by atoms with Crippen LogP contribution in [0.3, 0.4) is 0 Å². The van der Waals surface area contributed by atoms with Crippen LogP contribution in [0.5, 0.6) is 0 Å². The SMILES string of the molecule is CC(C)[O][Sb]([O-])[O-].[Zn+2]. The van der Waals surface area contributed by atoms with Crippen LogP contribution in [-0.4, -0.2) is 27.6 Å². The van der Waals surface area contributed by atoms with Crippen molar-refractivity contribution in [2.24, 2.45) is 0 Å². The monoisotopic (exact) mass is 276 g/mol. The molecule has 0 unspecified atom stereocenters. The molecule has 0 saturated carbocycles. The third-order valence-electron chi connectivity index (χ3n) is 0.297. The fourth-order valence-electron chi connectivity index (χ4n) is 0.172. The van der Waals surface area contributed by atoms with Crippen LogP contribution >= 0.6 is 0 Å². The first kappa shape index (κ1) is 12.0. The molecule has 0 N–H and O–H groups in total. The Labute approximate surface area is 70.4 Å². The Morgan fingerprint density at radius 1 is 1.38 bits per heavy atom. The second-order valence-corrected chi connectivity index (χ2v) is 3.26. The average Bonchev–Trinajstić information content (AvgIpc) is 1.27. The molecule has 0 aliphatic rings. The van der Waals surface area contributed by atoms with Crippen molar-refractivity contribution in [3.8, 4) is 0 Å². The van der Waals surface area contributed by atoms with E-state index < -0.39 is 21.5 Å². The second-order valence-electron chi connectivity index (χ2n) is 1.38. The van der Waals surface area contributed by atoms with Gasteiger partial charge in [0, 0.05) is 0 Å². The van der Waals surface area contributed by atoms with Crippen molar-refractivity contribution in [2.45, 2.75) is 20.0 Å². The quantitative estimate of drug-likeness (QED) is 0.555. The van der Waals surface area contributed by atoms with Crippen molar-refractivity contribution in [1.82, 2.24) is 0 Å². The summed E-state index contributed by atoms with van der Waals surface area (Å²) in [4.78, 5) is 0. The first-order valence-electron chi connectivity index (χ1n) is 1.94. The van der Waals surface area contributed by atoms with Crippen LogP contribution in [-0.2, 0) is 22.5 Å². The van der Waals surface area contributed by atoms with Crippen molar-refractivity contribution in [2.75, 3.05) is 0 Å². The van der Waals surface area contributed by atoms with Gasteiger partial charge in [-0.05, 0) is 0 Å². The number of hydrogen-bond acceptors (Lipinski definition) is 3. The minimum absolute atomic E-state index is 0. The normalized spacial score (nSPS) is 9.75. The zero-order valence-electron chi connectivity index (χ0n) is 4.96. The molecule has 0 heterocycles. The van der Waals surface area contributed by atoms with Crippen molar-refractivity contribution < 1.29 is 29.3 Å². The molecule has 44 valence electrons. The van der Waals surface area contributed by atoms with Gasteiger partial charge in [0.2, 0.25) is 0 Å². The summed E-state index contributed by atoms with van der Waals surface area (Å²) in [6.07, 6.45) is -0.169. The summed E-state index contributed by atoms with van der Waals surface area (Å²) in [7, 11) is 0. The van der Waals surface area contributed by atoms with E-state index >= 15 is 0 Å². The maximum atomic E-state index is 9.74. The van der Waals surface area contributed by atoms with E-state index in [1.165, 1.54) is 0 Å². The summed E-state index contributed by atoms with van der Waals surface area (Å²) in [6, 6.07) is 0. The smallest absolute Gasteiger partial charge is 2.00 e. The first-order chi connectivity index (χ1) is 3.13. The Balaban J connectivity index is 0. The minimum atomic E-state index is -3.58. The Hall–Kier alpha value is 1.32. The molecule has 8 heavy (non-hydrogen) atoms.